The second kappa shape index (κ2) is 5.61. The van der Waals surface area contributed by atoms with E-state index < -0.39 is 9.84 Å². The lowest BCUT2D eigenvalue weighted by molar-refractivity contribution is -0.120. The Labute approximate surface area is 132 Å². The van der Waals surface area contributed by atoms with Crippen LogP contribution in [0.4, 0.5) is 5.69 Å². The minimum atomic E-state index is -2.96. The maximum absolute atomic E-state index is 12.1. The van der Waals surface area contributed by atoms with Gasteiger partial charge in [-0.05, 0) is 36.6 Å². The lowest BCUT2D eigenvalue weighted by Crippen LogP contribution is -2.42. The van der Waals surface area contributed by atoms with Crippen LogP contribution in [0, 0.1) is 0 Å². The zero-order chi connectivity index (χ0) is 15.0. The van der Waals surface area contributed by atoms with Crippen LogP contribution in [-0.4, -0.2) is 45.0 Å². The molecule has 0 saturated carbocycles. The molecule has 0 bridgehead atoms. The van der Waals surface area contributed by atoms with Crippen molar-refractivity contribution < 1.29 is 13.2 Å². The van der Waals surface area contributed by atoms with E-state index in [1.54, 1.807) is 0 Å². The van der Waals surface area contributed by atoms with Gasteiger partial charge in [-0.1, -0.05) is 15.9 Å². The van der Waals surface area contributed by atoms with Crippen LogP contribution < -0.4 is 10.2 Å². The predicted molar refractivity (Wildman–Crippen MR) is 85.3 cm³/mol. The van der Waals surface area contributed by atoms with E-state index in [2.05, 4.69) is 27.3 Å². The number of carbonyl (C=O) groups excluding carboxylic acids is 1. The third kappa shape index (κ3) is 3.40. The maximum atomic E-state index is 12.1. The molecule has 1 N–H and O–H groups in total. The van der Waals surface area contributed by atoms with Gasteiger partial charge in [0.1, 0.15) is 0 Å². The van der Waals surface area contributed by atoms with Crippen molar-refractivity contribution in [2.45, 2.75) is 18.9 Å². The monoisotopic (exact) mass is 372 g/mol. The number of sulfone groups is 1. The van der Waals surface area contributed by atoms with Crippen LogP contribution in [0.25, 0.3) is 0 Å². The summed E-state index contributed by atoms with van der Waals surface area (Å²) in [7, 11) is -2.96. The van der Waals surface area contributed by atoms with Crippen LogP contribution in [-0.2, 0) is 21.1 Å². The normalized spacial score (nSPS) is 23.1. The average Bonchev–Trinajstić information content (AvgIpc) is 2.93. The number of anilines is 1. The van der Waals surface area contributed by atoms with E-state index in [4.69, 9.17) is 0 Å². The molecule has 5 nitrogen and oxygen atoms in total. The number of halogens is 1. The number of fused-ring (bicyclic) bond motifs is 1. The van der Waals surface area contributed by atoms with Crippen molar-refractivity contribution in [2.24, 2.45) is 0 Å². The van der Waals surface area contributed by atoms with E-state index in [9.17, 15) is 13.2 Å². The van der Waals surface area contributed by atoms with Gasteiger partial charge in [0.15, 0.2) is 9.84 Å². The van der Waals surface area contributed by atoms with Gasteiger partial charge in [-0.15, -0.1) is 0 Å². The highest BCUT2D eigenvalue weighted by atomic mass is 79.9. The molecule has 1 unspecified atom stereocenters. The summed E-state index contributed by atoms with van der Waals surface area (Å²) in [5.74, 6) is 0.147. The minimum Gasteiger partial charge on any atom is -0.362 e. The zero-order valence-electron chi connectivity index (χ0n) is 11.5. The van der Waals surface area contributed by atoms with Gasteiger partial charge in [0.25, 0.3) is 0 Å². The summed E-state index contributed by atoms with van der Waals surface area (Å²) in [6, 6.07) is 5.84. The third-order valence-electron chi connectivity index (χ3n) is 3.97. The van der Waals surface area contributed by atoms with E-state index >= 15 is 0 Å². The molecule has 21 heavy (non-hydrogen) atoms. The Morgan fingerprint density at radius 2 is 2.24 bits per heavy atom. The average molecular weight is 373 g/mol. The molecule has 1 atom stereocenters. The Morgan fingerprint density at radius 3 is 2.95 bits per heavy atom. The van der Waals surface area contributed by atoms with Crippen molar-refractivity contribution >= 4 is 37.4 Å². The summed E-state index contributed by atoms with van der Waals surface area (Å²) in [6.07, 6.45) is 1.46. The quantitative estimate of drug-likeness (QED) is 0.862. The predicted octanol–water partition coefficient (Wildman–Crippen LogP) is 1.11. The van der Waals surface area contributed by atoms with E-state index in [1.807, 2.05) is 17.0 Å². The highest BCUT2D eigenvalue weighted by molar-refractivity contribution is 9.10. The molecular formula is C14H17BrN2O3S. The molecule has 2 heterocycles. The van der Waals surface area contributed by atoms with Gasteiger partial charge in [0, 0.05) is 22.7 Å². The number of nitrogens with zero attached hydrogens (tertiary/aromatic N) is 1. The van der Waals surface area contributed by atoms with Crippen molar-refractivity contribution in [2.75, 3.05) is 29.5 Å². The van der Waals surface area contributed by atoms with Gasteiger partial charge >= 0.3 is 0 Å². The summed E-state index contributed by atoms with van der Waals surface area (Å²) in [5.41, 5.74) is 2.33. The molecule has 2 aliphatic rings. The molecular weight excluding hydrogens is 356 g/mol. The molecule has 0 spiro atoms. The molecule has 2 aliphatic heterocycles. The number of rotatable bonds is 3. The SMILES string of the molecule is O=C(CN1CCc2cc(Br)ccc21)NC1CCS(=O)(=O)C1. The molecule has 0 aliphatic carbocycles. The number of benzene rings is 1. The minimum absolute atomic E-state index is 0.0717. The molecule has 114 valence electrons. The van der Waals surface area contributed by atoms with Crippen LogP contribution in [0.15, 0.2) is 22.7 Å². The Morgan fingerprint density at radius 1 is 1.43 bits per heavy atom. The Bertz CT molecular complexity index is 675. The van der Waals surface area contributed by atoms with E-state index in [0.29, 0.717) is 6.42 Å². The second-order valence-electron chi connectivity index (χ2n) is 5.61. The van der Waals surface area contributed by atoms with E-state index in [-0.39, 0.29) is 30.0 Å². The van der Waals surface area contributed by atoms with Gasteiger partial charge in [0.05, 0.1) is 18.1 Å². The molecule has 1 saturated heterocycles. The van der Waals surface area contributed by atoms with Gasteiger partial charge in [0.2, 0.25) is 5.91 Å². The van der Waals surface area contributed by atoms with Crippen LogP contribution in [0.3, 0.4) is 0 Å². The third-order valence-corrected chi connectivity index (χ3v) is 6.23. The first-order valence-electron chi connectivity index (χ1n) is 6.96. The number of hydrogen-bond donors (Lipinski definition) is 1. The standard InChI is InChI=1S/C14H17BrN2O3S/c15-11-1-2-13-10(7-11)3-5-17(13)8-14(18)16-12-4-6-21(19,20)9-12/h1-2,7,12H,3-6,8-9H2,(H,16,18). The highest BCUT2D eigenvalue weighted by Crippen LogP contribution is 2.30. The zero-order valence-corrected chi connectivity index (χ0v) is 13.9. The summed E-state index contributed by atoms with van der Waals surface area (Å²) >= 11 is 3.45. The van der Waals surface area contributed by atoms with Crippen molar-refractivity contribution in [1.82, 2.24) is 5.32 Å². The lowest BCUT2D eigenvalue weighted by atomic mass is 10.2. The van der Waals surface area contributed by atoms with Gasteiger partial charge < -0.3 is 10.2 Å². The van der Waals surface area contributed by atoms with Crippen LogP contribution in [0.2, 0.25) is 0 Å². The topological polar surface area (TPSA) is 66.5 Å². The fourth-order valence-electron chi connectivity index (χ4n) is 2.96. The molecule has 1 amide bonds. The van der Waals surface area contributed by atoms with Crippen LogP contribution in [0.5, 0.6) is 0 Å². The number of amides is 1. The van der Waals surface area contributed by atoms with E-state index in [1.165, 1.54) is 5.56 Å². The van der Waals surface area contributed by atoms with Crippen molar-refractivity contribution in [3.63, 3.8) is 0 Å². The number of hydrogen-bond acceptors (Lipinski definition) is 4. The Kier molecular flexibility index (Phi) is 3.96. The molecule has 1 fully saturated rings. The first-order valence-corrected chi connectivity index (χ1v) is 9.57. The van der Waals surface area contributed by atoms with Crippen molar-refractivity contribution in [1.29, 1.82) is 0 Å². The van der Waals surface area contributed by atoms with Gasteiger partial charge in [-0.3, -0.25) is 4.79 Å². The lowest BCUT2D eigenvalue weighted by Gasteiger charge is -2.20. The molecule has 0 radical (unpaired) electrons. The molecule has 1 aromatic carbocycles. The number of nitrogens with one attached hydrogen (secondary N) is 1. The molecule has 0 aromatic heterocycles. The Balaban J connectivity index is 1.60. The van der Waals surface area contributed by atoms with E-state index in [0.717, 1.165) is 23.1 Å². The first kappa shape index (κ1) is 14.8. The second-order valence-corrected chi connectivity index (χ2v) is 8.76. The molecule has 3 rings (SSSR count). The van der Waals surface area contributed by atoms with Crippen molar-refractivity contribution in [3.8, 4) is 0 Å². The fraction of sp³-hybridized carbons (Fsp3) is 0.500. The smallest absolute Gasteiger partial charge is 0.239 e. The van der Waals surface area contributed by atoms with Crippen LogP contribution in [0.1, 0.15) is 12.0 Å². The largest absolute Gasteiger partial charge is 0.362 e. The number of carbonyl (C=O) groups is 1. The first-order chi connectivity index (χ1) is 9.93. The summed E-state index contributed by atoms with van der Waals surface area (Å²) < 4.78 is 23.8. The maximum Gasteiger partial charge on any atom is 0.239 e. The Hall–Kier alpha value is -1.08. The van der Waals surface area contributed by atoms with Gasteiger partial charge in [-0.25, -0.2) is 8.42 Å². The summed E-state index contributed by atoms with van der Waals surface area (Å²) in [4.78, 5) is 14.1. The van der Waals surface area contributed by atoms with Crippen molar-refractivity contribution in [3.05, 3.63) is 28.2 Å². The fourth-order valence-corrected chi connectivity index (χ4v) is 5.04. The van der Waals surface area contributed by atoms with Gasteiger partial charge in [-0.2, -0.15) is 0 Å². The summed E-state index contributed by atoms with van der Waals surface area (Å²) in [5, 5.41) is 2.83. The summed E-state index contributed by atoms with van der Waals surface area (Å²) in [6.45, 7) is 1.10. The molecule has 1 aromatic rings. The molecule has 7 heteroatoms. The highest BCUT2D eigenvalue weighted by Gasteiger charge is 2.29. The van der Waals surface area contributed by atoms with Crippen LogP contribution >= 0.6 is 15.9 Å².